The number of nitriles is 1. The molecule has 0 radical (unpaired) electrons. The lowest BCUT2D eigenvalue weighted by atomic mass is 10.1. The topological polar surface area (TPSA) is 82.0 Å². The highest BCUT2D eigenvalue weighted by Crippen LogP contribution is 2.12. The zero-order valence-electron chi connectivity index (χ0n) is 12.0. The molecular formula is C17H15N3O2. The molecule has 110 valence electrons. The number of hydrogen-bond donors (Lipinski definition) is 2. The predicted molar refractivity (Wildman–Crippen MR) is 82.8 cm³/mol. The van der Waals surface area contributed by atoms with Crippen molar-refractivity contribution in [3.63, 3.8) is 0 Å². The van der Waals surface area contributed by atoms with Crippen molar-refractivity contribution >= 4 is 17.5 Å². The van der Waals surface area contributed by atoms with Crippen LogP contribution in [0.4, 0.5) is 5.69 Å². The Morgan fingerprint density at radius 3 is 2.23 bits per heavy atom. The van der Waals surface area contributed by atoms with Gasteiger partial charge in [0.25, 0.3) is 0 Å². The molecule has 0 saturated heterocycles. The molecule has 2 N–H and O–H groups in total. The first-order valence-electron chi connectivity index (χ1n) is 6.77. The highest BCUT2D eigenvalue weighted by molar-refractivity contribution is 6.39. The third-order valence-electron chi connectivity index (χ3n) is 3.13. The summed E-state index contributed by atoms with van der Waals surface area (Å²) in [4.78, 5) is 23.7. The zero-order valence-corrected chi connectivity index (χ0v) is 12.0. The van der Waals surface area contributed by atoms with Crippen LogP contribution in [0, 0.1) is 11.3 Å². The van der Waals surface area contributed by atoms with E-state index in [1.807, 2.05) is 43.3 Å². The first-order valence-corrected chi connectivity index (χ1v) is 6.77. The van der Waals surface area contributed by atoms with E-state index in [0.717, 1.165) is 5.56 Å². The lowest BCUT2D eigenvalue weighted by Gasteiger charge is -2.14. The first kappa shape index (κ1) is 15.3. The van der Waals surface area contributed by atoms with Gasteiger partial charge in [0.15, 0.2) is 0 Å². The van der Waals surface area contributed by atoms with E-state index in [-0.39, 0.29) is 6.04 Å². The molecule has 0 aliphatic heterocycles. The van der Waals surface area contributed by atoms with Crippen molar-refractivity contribution in [3.05, 3.63) is 65.7 Å². The molecule has 5 heteroatoms. The molecule has 0 heterocycles. The molecule has 0 unspecified atom stereocenters. The second kappa shape index (κ2) is 7.04. The van der Waals surface area contributed by atoms with E-state index >= 15 is 0 Å². The Kier molecular flexibility index (Phi) is 4.89. The Balaban J connectivity index is 1.94. The number of rotatable bonds is 3. The van der Waals surface area contributed by atoms with E-state index in [1.54, 1.807) is 24.3 Å². The molecule has 0 bridgehead atoms. The lowest BCUT2D eigenvalue weighted by molar-refractivity contribution is -0.136. The van der Waals surface area contributed by atoms with Gasteiger partial charge < -0.3 is 10.6 Å². The summed E-state index contributed by atoms with van der Waals surface area (Å²) in [6.45, 7) is 1.81. The van der Waals surface area contributed by atoms with Gasteiger partial charge in [0.05, 0.1) is 17.7 Å². The van der Waals surface area contributed by atoms with Crippen molar-refractivity contribution in [2.24, 2.45) is 0 Å². The van der Waals surface area contributed by atoms with Crippen LogP contribution in [0.2, 0.25) is 0 Å². The van der Waals surface area contributed by atoms with Crippen LogP contribution in [0.15, 0.2) is 54.6 Å². The van der Waals surface area contributed by atoms with E-state index < -0.39 is 11.8 Å². The summed E-state index contributed by atoms with van der Waals surface area (Å²) >= 11 is 0. The van der Waals surface area contributed by atoms with E-state index in [1.165, 1.54) is 0 Å². The smallest absolute Gasteiger partial charge is 0.313 e. The van der Waals surface area contributed by atoms with Crippen molar-refractivity contribution < 1.29 is 9.59 Å². The van der Waals surface area contributed by atoms with Gasteiger partial charge in [0, 0.05) is 5.69 Å². The van der Waals surface area contributed by atoms with Crippen molar-refractivity contribution in [2.45, 2.75) is 13.0 Å². The van der Waals surface area contributed by atoms with Crippen LogP contribution in [-0.2, 0) is 9.59 Å². The fourth-order valence-electron chi connectivity index (χ4n) is 1.90. The van der Waals surface area contributed by atoms with Crippen molar-refractivity contribution in [2.75, 3.05) is 5.32 Å². The summed E-state index contributed by atoms with van der Waals surface area (Å²) in [5, 5.41) is 13.8. The second-order valence-electron chi connectivity index (χ2n) is 4.75. The minimum Gasteiger partial charge on any atom is -0.341 e. The number of carbonyl (C=O) groups excluding carboxylic acids is 2. The van der Waals surface area contributed by atoms with Gasteiger partial charge in [0.1, 0.15) is 0 Å². The van der Waals surface area contributed by atoms with Gasteiger partial charge in [-0.05, 0) is 36.8 Å². The van der Waals surface area contributed by atoms with Crippen LogP contribution in [0.5, 0.6) is 0 Å². The quantitative estimate of drug-likeness (QED) is 0.852. The minimum absolute atomic E-state index is 0.264. The molecule has 0 aliphatic carbocycles. The molecule has 22 heavy (non-hydrogen) atoms. The summed E-state index contributed by atoms with van der Waals surface area (Å²) in [6, 6.07) is 17.4. The number of anilines is 1. The maximum Gasteiger partial charge on any atom is 0.313 e. The van der Waals surface area contributed by atoms with E-state index in [2.05, 4.69) is 10.6 Å². The Morgan fingerprint density at radius 1 is 1.00 bits per heavy atom. The summed E-state index contributed by atoms with van der Waals surface area (Å²) in [6.07, 6.45) is 0. The van der Waals surface area contributed by atoms with E-state index in [4.69, 9.17) is 5.26 Å². The molecule has 2 aromatic rings. The summed E-state index contributed by atoms with van der Waals surface area (Å²) in [5.41, 5.74) is 1.87. The average molecular weight is 293 g/mol. The van der Waals surface area contributed by atoms with Crippen LogP contribution in [-0.4, -0.2) is 11.8 Å². The minimum atomic E-state index is -0.743. The SMILES string of the molecule is C[C@H](NC(=O)C(=O)Nc1ccc(C#N)cc1)c1ccccc1. The molecule has 0 saturated carbocycles. The summed E-state index contributed by atoms with van der Waals surface area (Å²) < 4.78 is 0. The van der Waals surface area contributed by atoms with Gasteiger partial charge >= 0.3 is 11.8 Å². The number of amides is 2. The highest BCUT2D eigenvalue weighted by Gasteiger charge is 2.17. The molecule has 0 spiro atoms. The predicted octanol–water partition coefficient (Wildman–Crippen LogP) is 2.37. The highest BCUT2D eigenvalue weighted by atomic mass is 16.2. The number of nitrogens with zero attached hydrogens (tertiary/aromatic N) is 1. The third kappa shape index (κ3) is 3.93. The normalized spacial score (nSPS) is 11.1. The van der Waals surface area contributed by atoms with Crippen LogP contribution >= 0.6 is 0 Å². The average Bonchev–Trinajstić information content (AvgIpc) is 2.56. The monoisotopic (exact) mass is 293 g/mol. The van der Waals surface area contributed by atoms with Crippen molar-refractivity contribution in [3.8, 4) is 6.07 Å². The van der Waals surface area contributed by atoms with Gasteiger partial charge in [-0.2, -0.15) is 5.26 Å². The standard InChI is InChI=1S/C17H15N3O2/c1-12(14-5-3-2-4-6-14)19-16(21)17(22)20-15-9-7-13(11-18)8-10-15/h2-10,12H,1H3,(H,19,21)(H,20,22)/t12-/m0/s1. The second-order valence-corrected chi connectivity index (χ2v) is 4.75. The summed E-state index contributed by atoms with van der Waals surface area (Å²) in [7, 11) is 0. The molecule has 0 fully saturated rings. The van der Waals surface area contributed by atoms with E-state index in [9.17, 15) is 9.59 Å². The van der Waals surface area contributed by atoms with Crippen LogP contribution in [0.3, 0.4) is 0 Å². The molecule has 2 rings (SSSR count). The van der Waals surface area contributed by atoms with Crippen LogP contribution in [0.1, 0.15) is 24.1 Å². The maximum atomic E-state index is 11.9. The molecule has 2 aromatic carbocycles. The number of carbonyl (C=O) groups is 2. The van der Waals surface area contributed by atoms with Crippen molar-refractivity contribution in [1.29, 1.82) is 5.26 Å². The molecule has 0 aromatic heterocycles. The van der Waals surface area contributed by atoms with E-state index in [0.29, 0.717) is 11.3 Å². The Labute approximate surface area is 128 Å². The fraction of sp³-hybridized carbons (Fsp3) is 0.118. The molecule has 1 atom stereocenters. The largest absolute Gasteiger partial charge is 0.341 e. The van der Waals surface area contributed by atoms with Crippen LogP contribution < -0.4 is 10.6 Å². The van der Waals surface area contributed by atoms with Gasteiger partial charge in [-0.1, -0.05) is 30.3 Å². The third-order valence-corrected chi connectivity index (χ3v) is 3.13. The lowest BCUT2D eigenvalue weighted by Crippen LogP contribution is -2.36. The number of hydrogen-bond acceptors (Lipinski definition) is 3. The van der Waals surface area contributed by atoms with Gasteiger partial charge in [0.2, 0.25) is 0 Å². The summed E-state index contributed by atoms with van der Waals surface area (Å²) in [5.74, 6) is -1.45. The van der Waals surface area contributed by atoms with Gasteiger partial charge in [-0.15, -0.1) is 0 Å². The van der Waals surface area contributed by atoms with Gasteiger partial charge in [-0.25, -0.2) is 0 Å². The Morgan fingerprint density at radius 2 is 1.64 bits per heavy atom. The first-order chi connectivity index (χ1) is 10.6. The van der Waals surface area contributed by atoms with Gasteiger partial charge in [-0.3, -0.25) is 9.59 Å². The maximum absolute atomic E-state index is 11.9. The Bertz CT molecular complexity index is 703. The zero-order chi connectivity index (χ0) is 15.9. The molecular weight excluding hydrogens is 278 g/mol. The molecule has 5 nitrogen and oxygen atoms in total. The van der Waals surface area contributed by atoms with Crippen molar-refractivity contribution in [1.82, 2.24) is 5.32 Å². The number of benzene rings is 2. The fourth-order valence-corrected chi connectivity index (χ4v) is 1.90. The number of nitrogens with one attached hydrogen (secondary N) is 2. The molecule has 2 amide bonds. The molecule has 0 aliphatic rings. The Hall–Kier alpha value is -3.13. The van der Waals surface area contributed by atoms with Crippen LogP contribution in [0.25, 0.3) is 0 Å².